The lowest BCUT2D eigenvalue weighted by atomic mass is 9.95. The molecular formula is C14H16O. The predicted octanol–water partition coefficient (Wildman–Crippen LogP) is 3.03. The maximum absolute atomic E-state index is 10.1. The molecule has 1 nitrogen and oxygen atoms in total. The SMILES string of the molecule is C=C=C1CC(c2ccccc2)CC1(C)O. The van der Waals surface area contributed by atoms with Gasteiger partial charge in [0.2, 0.25) is 0 Å². The molecule has 15 heavy (non-hydrogen) atoms. The molecule has 0 radical (unpaired) electrons. The molecule has 0 saturated heterocycles. The third-order valence-corrected chi connectivity index (χ3v) is 3.23. The standard InChI is InChI=1S/C14H16O/c1-3-13-9-12(10-14(13,2)15)11-7-5-4-6-8-11/h4-8,12,15H,1,9-10H2,2H3. The summed E-state index contributed by atoms with van der Waals surface area (Å²) >= 11 is 0. The van der Waals surface area contributed by atoms with Gasteiger partial charge in [-0.3, -0.25) is 0 Å². The molecule has 1 saturated carbocycles. The Kier molecular flexibility index (Phi) is 2.52. The van der Waals surface area contributed by atoms with E-state index in [-0.39, 0.29) is 0 Å². The molecule has 1 fully saturated rings. The molecule has 1 N–H and O–H groups in total. The summed E-state index contributed by atoms with van der Waals surface area (Å²) in [4.78, 5) is 0. The molecule has 0 aliphatic heterocycles. The van der Waals surface area contributed by atoms with Crippen LogP contribution in [-0.2, 0) is 0 Å². The van der Waals surface area contributed by atoms with E-state index in [0.717, 1.165) is 18.4 Å². The zero-order valence-corrected chi connectivity index (χ0v) is 9.03. The molecule has 1 heteroatoms. The summed E-state index contributed by atoms with van der Waals surface area (Å²) in [6.07, 6.45) is 1.65. The molecule has 0 amide bonds. The van der Waals surface area contributed by atoms with Crippen molar-refractivity contribution in [3.05, 3.63) is 53.8 Å². The van der Waals surface area contributed by atoms with E-state index in [9.17, 15) is 5.11 Å². The van der Waals surface area contributed by atoms with Crippen molar-refractivity contribution < 1.29 is 5.11 Å². The van der Waals surface area contributed by atoms with Crippen LogP contribution in [0.3, 0.4) is 0 Å². The van der Waals surface area contributed by atoms with Crippen LogP contribution in [0.25, 0.3) is 0 Å². The third kappa shape index (κ3) is 1.90. The van der Waals surface area contributed by atoms with E-state index in [1.165, 1.54) is 5.56 Å². The van der Waals surface area contributed by atoms with Gasteiger partial charge in [0, 0.05) is 5.57 Å². The lowest BCUT2D eigenvalue weighted by Gasteiger charge is -2.16. The molecule has 0 spiro atoms. The molecule has 0 bridgehead atoms. The highest BCUT2D eigenvalue weighted by Gasteiger charge is 2.38. The fourth-order valence-electron chi connectivity index (χ4n) is 2.36. The summed E-state index contributed by atoms with van der Waals surface area (Å²) < 4.78 is 0. The van der Waals surface area contributed by atoms with E-state index in [0.29, 0.717) is 5.92 Å². The molecule has 2 atom stereocenters. The van der Waals surface area contributed by atoms with E-state index in [2.05, 4.69) is 24.4 Å². The average Bonchev–Trinajstić information content (AvgIpc) is 2.55. The molecule has 2 unspecified atom stereocenters. The monoisotopic (exact) mass is 200 g/mol. The van der Waals surface area contributed by atoms with Crippen molar-refractivity contribution in [3.63, 3.8) is 0 Å². The van der Waals surface area contributed by atoms with Gasteiger partial charge < -0.3 is 5.11 Å². The lowest BCUT2D eigenvalue weighted by Crippen LogP contribution is -2.20. The second-order valence-corrected chi connectivity index (χ2v) is 4.45. The predicted molar refractivity (Wildman–Crippen MR) is 61.7 cm³/mol. The van der Waals surface area contributed by atoms with E-state index < -0.39 is 5.60 Å². The highest BCUT2D eigenvalue weighted by molar-refractivity contribution is 5.30. The second-order valence-electron chi connectivity index (χ2n) is 4.45. The number of rotatable bonds is 1. The van der Waals surface area contributed by atoms with Gasteiger partial charge in [-0.05, 0) is 31.2 Å². The van der Waals surface area contributed by atoms with Crippen molar-refractivity contribution in [2.75, 3.05) is 0 Å². The van der Waals surface area contributed by atoms with Crippen LogP contribution in [0, 0.1) is 0 Å². The highest BCUT2D eigenvalue weighted by Crippen LogP contribution is 2.43. The van der Waals surface area contributed by atoms with E-state index in [4.69, 9.17) is 0 Å². The van der Waals surface area contributed by atoms with Crippen molar-refractivity contribution in [2.45, 2.75) is 31.3 Å². The van der Waals surface area contributed by atoms with E-state index >= 15 is 0 Å². The minimum absolute atomic E-state index is 0.408. The normalized spacial score (nSPS) is 30.3. The Labute approximate surface area is 90.8 Å². The largest absolute Gasteiger partial charge is 0.385 e. The van der Waals surface area contributed by atoms with Crippen molar-refractivity contribution >= 4 is 0 Å². The van der Waals surface area contributed by atoms with Crippen LogP contribution in [0.1, 0.15) is 31.2 Å². The molecule has 78 valence electrons. The van der Waals surface area contributed by atoms with E-state index in [1.807, 2.05) is 25.1 Å². The number of hydrogen-bond acceptors (Lipinski definition) is 1. The summed E-state index contributed by atoms with van der Waals surface area (Å²) in [6.45, 7) is 5.50. The Morgan fingerprint density at radius 2 is 2.07 bits per heavy atom. The van der Waals surface area contributed by atoms with Crippen molar-refractivity contribution in [2.24, 2.45) is 0 Å². The van der Waals surface area contributed by atoms with Gasteiger partial charge in [-0.1, -0.05) is 36.9 Å². The lowest BCUT2D eigenvalue weighted by molar-refractivity contribution is 0.103. The number of benzene rings is 1. The second kappa shape index (κ2) is 3.69. The zero-order valence-electron chi connectivity index (χ0n) is 9.03. The topological polar surface area (TPSA) is 20.2 Å². The summed E-state index contributed by atoms with van der Waals surface area (Å²) in [5.41, 5.74) is 4.39. The number of hydrogen-bond donors (Lipinski definition) is 1. The molecule has 1 aromatic rings. The van der Waals surface area contributed by atoms with Crippen molar-refractivity contribution in [3.8, 4) is 0 Å². The van der Waals surface area contributed by atoms with Crippen LogP contribution in [-0.4, -0.2) is 10.7 Å². The minimum atomic E-state index is -0.720. The van der Waals surface area contributed by atoms with Crippen molar-refractivity contribution in [1.29, 1.82) is 0 Å². The average molecular weight is 200 g/mol. The smallest absolute Gasteiger partial charge is 0.0908 e. The van der Waals surface area contributed by atoms with Crippen LogP contribution >= 0.6 is 0 Å². The maximum Gasteiger partial charge on any atom is 0.0908 e. The zero-order chi connectivity index (χ0) is 10.9. The fourth-order valence-corrected chi connectivity index (χ4v) is 2.36. The van der Waals surface area contributed by atoms with Gasteiger partial charge in [0.05, 0.1) is 5.60 Å². The Morgan fingerprint density at radius 1 is 1.40 bits per heavy atom. The number of aliphatic hydroxyl groups is 1. The molecule has 0 heterocycles. The van der Waals surface area contributed by atoms with Crippen LogP contribution in [0.15, 0.2) is 48.2 Å². The van der Waals surface area contributed by atoms with Crippen LogP contribution in [0.5, 0.6) is 0 Å². The van der Waals surface area contributed by atoms with Gasteiger partial charge in [-0.25, -0.2) is 0 Å². The molecule has 1 aliphatic rings. The molecule has 2 rings (SSSR count). The summed E-state index contributed by atoms with van der Waals surface area (Å²) in [5, 5.41) is 10.1. The van der Waals surface area contributed by atoms with Crippen LogP contribution in [0.4, 0.5) is 0 Å². The summed E-state index contributed by atoms with van der Waals surface area (Å²) in [5.74, 6) is 0.408. The Morgan fingerprint density at radius 3 is 2.60 bits per heavy atom. The summed E-state index contributed by atoms with van der Waals surface area (Å²) in [6, 6.07) is 10.3. The molecule has 0 aromatic heterocycles. The van der Waals surface area contributed by atoms with Gasteiger partial charge in [-0.15, -0.1) is 5.73 Å². The third-order valence-electron chi connectivity index (χ3n) is 3.23. The van der Waals surface area contributed by atoms with Gasteiger partial charge in [0.1, 0.15) is 0 Å². The first-order valence-electron chi connectivity index (χ1n) is 5.30. The Bertz CT molecular complexity index is 397. The van der Waals surface area contributed by atoms with Gasteiger partial charge in [0.25, 0.3) is 0 Å². The van der Waals surface area contributed by atoms with Crippen molar-refractivity contribution in [1.82, 2.24) is 0 Å². The maximum atomic E-state index is 10.1. The summed E-state index contributed by atoms with van der Waals surface area (Å²) in [7, 11) is 0. The molecule has 1 aromatic carbocycles. The quantitative estimate of drug-likeness (QED) is 0.691. The molecule has 1 aliphatic carbocycles. The Balaban J connectivity index is 2.27. The fraction of sp³-hybridized carbons (Fsp3) is 0.357. The van der Waals surface area contributed by atoms with Crippen LogP contribution < -0.4 is 0 Å². The Hall–Kier alpha value is -1.30. The highest BCUT2D eigenvalue weighted by atomic mass is 16.3. The first-order chi connectivity index (χ1) is 7.13. The van der Waals surface area contributed by atoms with Gasteiger partial charge in [0.15, 0.2) is 0 Å². The van der Waals surface area contributed by atoms with Crippen LogP contribution in [0.2, 0.25) is 0 Å². The van der Waals surface area contributed by atoms with E-state index in [1.54, 1.807) is 0 Å². The van der Waals surface area contributed by atoms with Gasteiger partial charge >= 0.3 is 0 Å². The minimum Gasteiger partial charge on any atom is -0.385 e. The van der Waals surface area contributed by atoms with Gasteiger partial charge in [-0.2, -0.15) is 0 Å². The molecular weight excluding hydrogens is 184 g/mol. The first kappa shape index (κ1) is 10.2. The first-order valence-corrected chi connectivity index (χ1v) is 5.30.